The maximum absolute atomic E-state index is 12.6. The average molecular weight is 447 g/mol. The highest BCUT2D eigenvalue weighted by Gasteiger charge is 2.31. The molecule has 0 aliphatic carbocycles. The van der Waals surface area contributed by atoms with Crippen molar-refractivity contribution in [1.82, 2.24) is 0 Å². The summed E-state index contributed by atoms with van der Waals surface area (Å²) in [5, 5.41) is 14.5. The van der Waals surface area contributed by atoms with Crippen LogP contribution in [0.4, 0.5) is 18.2 Å². The Bertz CT molecular complexity index is 1240. The molecule has 10 heteroatoms. The van der Waals surface area contributed by atoms with Crippen LogP contribution in [0.1, 0.15) is 20.9 Å². The largest absolute Gasteiger partial charge is 0.573 e. The molecule has 0 saturated carbocycles. The predicted molar refractivity (Wildman–Crippen MR) is 108 cm³/mol. The summed E-state index contributed by atoms with van der Waals surface area (Å²) in [5.74, 6) is -2.34. The zero-order valence-corrected chi connectivity index (χ0v) is 16.2. The third-order valence-electron chi connectivity index (χ3n) is 4.28. The molecule has 4 rings (SSSR count). The smallest absolute Gasteiger partial charge is 0.478 e. The average Bonchev–Trinajstić information content (AvgIpc) is 3.31. The van der Waals surface area contributed by atoms with Crippen molar-refractivity contribution >= 4 is 39.2 Å². The number of para-hydroxylation sites is 1. The maximum Gasteiger partial charge on any atom is 0.573 e. The molecular formula is C21H12F3NO5S. The number of fused-ring (bicyclic) bond motifs is 1. The van der Waals surface area contributed by atoms with Crippen molar-refractivity contribution in [2.24, 2.45) is 0 Å². The van der Waals surface area contributed by atoms with Gasteiger partial charge in [-0.1, -0.05) is 30.3 Å². The fourth-order valence-corrected chi connectivity index (χ4v) is 3.93. The summed E-state index contributed by atoms with van der Waals surface area (Å²) in [7, 11) is 0. The number of amides is 1. The molecule has 0 bridgehead atoms. The van der Waals surface area contributed by atoms with Gasteiger partial charge in [-0.2, -0.15) is 0 Å². The number of carbonyl (C=O) groups excluding carboxylic acids is 1. The van der Waals surface area contributed by atoms with E-state index in [1.54, 1.807) is 30.3 Å². The number of anilines is 1. The van der Waals surface area contributed by atoms with Gasteiger partial charge >= 0.3 is 12.3 Å². The first-order valence-electron chi connectivity index (χ1n) is 8.72. The number of carbonyl (C=O) groups is 2. The number of alkyl halides is 3. The number of carboxylic acids is 1. The Balaban J connectivity index is 1.61. The number of rotatable bonds is 5. The first kappa shape index (κ1) is 20.5. The molecule has 2 aromatic carbocycles. The van der Waals surface area contributed by atoms with Gasteiger partial charge in [0, 0.05) is 16.3 Å². The summed E-state index contributed by atoms with van der Waals surface area (Å²) in [6.45, 7) is 0. The van der Waals surface area contributed by atoms with Crippen molar-refractivity contribution in [1.29, 1.82) is 0 Å². The quantitative estimate of drug-likeness (QED) is 0.391. The second kappa shape index (κ2) is 7.80. The van der Waals surface area contributed by atoms with Gasteiger partial charge < -0.3 is 19.6 Å². The van der Waals surface area contributed by atoms with Crippen molar-refractivity contribution in [3.8, 4) is 16.9 Å². The Morgan fingerprint density at radius 1 is 1.06 bits per heavy atom. The minimum Gasteiger partial charge on any atom is -0.478 e. The van der Waals surface area contributed by atoms with Crippen molar-refractivity contribution in [3.63, 3.8) is 0 Å². The van der Waals surface area contributed by atoms with Crippen LogP contribution >= 0.6 is 11.3 Å². The topological polar surface area (TPSA) is 88.8 Å². The van der Waals surface area contributed by atoms with Gasteiger partial charge in [-0.05, 0) is 29.8 Å². The second-order valence-corrected chi connectivity index (χ2v) is 7.21. The molecule has 0 unspecified atom stereocenters. The zero-order valence-electron chi connectivity index (χ0n) is 15.4. The van der Waals surface area contributed by atoms with Crippen LogP contribution in [-0.2, 0) is 0 Å². The molecule has 1 amide bonds. The lowest BCUT2D eigenvalue weighted by Gasteiger charge is -2.09. The Kier molecular flexibility index (Phi) is 5.15. The van der Waals surface area contributed by atoms with Crippen molar-refractivity contribution in [3.05, 3.63) is 71.3 Å². The van der Waals surface area contributed by atoms with Crippen molar-refractivity contribution in [2.45, 2.75) is 6.36 Å². The molecule has 6 nitrogen and oxygen atoms in total. The number of benzene rings is 2. The highest BCUT2D eigenvalue weighted by molar-refractivity contribution is 7.15. The lowest BCUT2D eigenvalue weighted by molar-refractivity contribution is -0.274. The number of ether oxygens (including phenoxy) is 1. The van der Waals surface area contributed by atoms with Crippen molar-refractivity contribution < 1.29 is 37.0 Å². The molecule has 0 spiro atoms. The first-order valence-corrected chi connectivity index (χ1v) is 9.60. The standard InChI is InChI=1S/C21H12F3NO5S/c22-21(23,24)30-13-7-5-11(6-8-13)14-10-31-19(17(14)20(27)28)25-18(26)16-9-12-3-1-2-4-15(12)29-16/h1-10H,(H,25,26)(H,27,28). The van der Waals surface area contributed by atoms with Gasteiger partial charge in [0.2, 0.25) is 0 Å². The zero-order chi connectivity index (χ0) is 22.2. The number of furan rings is 1. The molecular weight excluding hydrogens is 435 g/mol. The SMILES string of the molecule is O=C(Nc1scc(-c2ccc(OC(F)(F)F)cc2)c1C(=O)O)c1cc2ccccc2o1. The molecule has 31 heavy (non-hydrogen) atoms. The molecule has 0 aliphatic heterocycles. The van der Waals surface area contributed by atoms with Gasteiger partial charge in [-0.15, -0.1) is 24.5 Å². The third-order valence-corrected chi connectivity index (χ3v) is 5.18. The third kappa shape index (κ3) is 4.38. The van der Waals surface area contributed by atoms with Crippen LogP contribution in [0.2, 0.25) is 0 Å². The van der Waals surface area contributed by atoms with E-state index in [9.17, 15) is 27.9 Å². The highest BCUT2D eigenvalue weighted by atomic mass is 32.1. The van der Waals surface area contributed by atoms with E-state index < -0.39 is 24.0 Å². The fraction of sp³-hybridized carbons (Fsp3) is 0.0476. The molecule has 2 aromatic heterocycles. The molecule has 158 valence electrons. The number of thiophene rings is 1. The first-order chi connectivity index (χ1) is 14.7. The van der Waals surface area contributed by atoms with Crippen LogP contribution in [-0.4, -0.2) is 23.3 Å². The van der Waals surface area contributed by atoms with E-state index in [-0.39, 0.29) is 21.9 Å². The second-order valence-electron chi connectivity index (χ2n) is 6.33. The van der Waals surface area contributed by atoms with Gasteiger partial charge in [0.05, 0.1) is 0 Å². The lowest BCUT2D eigenvalue weighted by Crippen LogP contribution is -2.16. The molecule has 2 heterocycles. The highest BCUT2D eigenvalue weighted by Crippen LogP contribution is 2.37. The van der Waals surface area contributed by atoms with E-state index in [0.29, 0.717) is 11.1 Å². The monoisotopic (exact) mass is 447 g/mol. The van der Waals surface area contributed by atoms with E-state index in [1.165, 1.54) is 17.5 Å². The molecule has 0 saturated heterocycles. The van der Waals surface area contributed by atoms with Crippen LogP contribution in [0.15, 0.2) is 64.4 Å². The maximum atomic E-state index is 12.6. The van der Waals surface area contributed by atoms with E-state index in [4.69, 9.17) is 4.42 Å². The van der Waals surface area contributed by atoms with Crippen molar-refractivity contribution in [2.75, 3.05) is 5.32 Å². The minimum atomic E-state index is -4.83. The minimum absolute atomic E-state index is 0.0149. The molecule has 0 radical (unpaired) electrons. The Hall–Kier alpha value is -3.79. The number of aromatic carboxylic acids is 1. The summed E-state index contributed by atoms with van der Waals surface area (Å²) in [6, 6.07) is 13.3. The van der Waals surface area contributed by atoms with Crippen LogP contribution in [0, 0.1) is 0 Å². The molecule has 0 aliphatic rings. The van der Waals surface area contributed by atoms with Crippen LogP contribution < -0.4 is 10.1 Å². The normalized spacial score (nSPS) is 11.5. The Morgan fingerprint density at radius 2 is 1.77 bits per heavy atom. The summed E-state index contributed by atoms with van der Waals surface area (Å²) in [6.07, 6.45) is -4.83. The van der Waals surface area contributed by atoms with Gasteiger partial charge in [0.15, 0.2) is 5.76 Å². The molecule has 2 N–H and O–H groups in total. The van der Waals surface area contributed by atoms with Crippen LogP contribution in [0.5, 0.6) is 5.75 Å². The van der Waals surface area contributed by atoms with E-state index in [2.05, 4.69) is 10.1 Å². The number of hydrogen-bond donors (Lipinski definition) is 2. The molecule has 0 fully saturated rings. The van der Waals surface area contributed by atoms with Crippen LogP contribution in [0.3, 0.4) is 0 Å². The van der Waals surface area contributed by atoms with Gasteiger partial charge in [-0.25, -0.2) is 4.79 Å². The van der Waals surface area contributed by atoms with E-state index >= 15 is 0 Å². The Labute approximate surface area is 176 Å². The van der Waals surface area contributed by atoms with E-state index in [1.807, 2.05) is 0 Å². The summed E-state index contributed by atoms with van der Waals surface area (Å²) < 4.78 is 46.3. The number of nitrogens with one attached hydrogen (secondary N) is 1. The predicted octanol–water partition coefficient (Wildman–Crippen LogP) is 6.01. The summed E-state index contributed by atoms with van der Waals surface area (Å²) in [5.41, 5.74) is 0.932. The fourth-order valence-electron chi connectivity index (χ4n) is 2.97. The van der Waals surface area contributed by atoms with Gasteiger partial charge in [0.25, 0.3) is 5.91 Å². The number of hydrogen-bond acceptors (Lipinski definition) is 5. The van der Waals surface area contributed by atoms with Gasteiger partial charge in [0.1, 0.15) is 21.9 Å². The summed E-state index contributed by atoms with van der Waals surface area (Å²) >= 11 is 0.978. The Morgan fingerprint density at radius 3 is 2.42 bits per heavy atom. The molecule has 0 atom stereocenters. The lowest BCUT2D eigenvalue weighted by atomic mass is 10.0. The molecule has 4 aromatic rings. The van der Waals surface area contributed by atoms with E-state index in [0.717, 1.165) is 28.9 Å². The van der Waals surface area contributed by atoms with Gasteiger partial charge in [-0.3, -0.25) is 4.79 Å². The van der Waals surface area contributed by atoms with Crippen LogP contribution in [0.25, 0.3) is 22.1 Å². The number of halogens is 3. The summed E-state index contributed by atoms with van der Waals surface area (Å²) in [4.78, 5) is 24.4. The number of carboxylic acid groups (broad SMARTS) is 1.